The minimum atomic E-state index is 0.618. The van der Waals surface area contributed by atoms with E-state index in [1.54, 1.807) is 16.5 Å². The van der Waals surface area contributed by atoms with Gasteiger partial charge in [0.05, 0.1) is 0 Å². The molecule has 0 fully saturated rings. The summed E-state index contributed by atoms with van der Waals surface area (Å²) in [6.07, 6.45) is 1.61. The van der Waals surface area contributed by atoms with Crippen molar-refractivity contribution in [3.05, 3.63) is 36.1 Å². The topological polar surface area (TPSA) is 82.5 Å². The van der Waals surface area contributed by atoms with Crippen LogP contribution in [-0.4, -0.2) is 25.0 Å². The fraction of sp³-hybridized carbons (Fsp3) is 0. The van der Waals surface area contributed by atoms with Crippen LogP contribution in [0.4, 0.5) is 5.69 Å². The monoisotopic (exact) mass is 244 g/mol. The summed E-state index contributed by atoms with van der Waals surface area (Å²) in [5.74, 6) is 0.618. The van der Waals surface area contributed by atoms with Crippen molar-refractivity contribution < 1.29 is 0 Å². The van der Waals surface area contributed by atoms with Crippen molar-refractivity contribution in [3.63, 3.8) is 0 Å². The van der Waals surface area contributed by atoms with Crippen molar-refractivity contribution in [3.8, 4) is 16.5 Å². The molecule has 0 aliphatic rings. The molecule has 7 heteroatoms. The zero-order valence-electron chi connectivity index (χ0n) is 8.69. The predicted molar refractivity (Wildman–Crippen MR) is 64.7 cm³/mol. The Labute approximate surface area is 101 Å². The van der Waals surface area contributed by atoms with E-state index >= 15 is 0 Å². The number of hydrogen-bond donors (Lipinski definition) is 1. The van der Waals surface area contributed by atoms with Crippen LogP contribution in [-0.2, 0) is 0 Å². The second kappa shape index (κ2) is 3.95. The molecule has 0 spiro atoms. The number of nitrogen functional groups attached to an aromatic ring is 1. The lowest BCUT2D eigenvalue weighted by Gasteiger charge is -1.96. The maximum absolute atomic E-state index is 5.71. The van der Waals surface area contributed by atoms with E-state index in [0.29, 0.717) is 16.6 Å². The van der Waals surface area contributed by atoms with Gasteiger partial charge in [0.25, 0.3) is 0 Å². The zero-order valence-corrected chi connectivity index (χ0v) is 9.50. The van der Waals surface area contributed by atoms with Crippen LogP contribution in [0.25, 0.3) is 16.5 Å². The normalized spacial score (nSPS) is 10.6. The van der Waals surface area contributed by atoms with Gasteiger partial charge in [-0.2, -0.15) is 4.68 Å². The van der Waals surface area contributed by atoms with Gasteiger partial charge in [-0.1, -0.05) is 23.5 Å². The van der Waals surface area contributed by atoms with Gasteiger partial charge < -0.3 is 5.73 Å². The first-order valence-electron chi connectivity index (χ1n) is 4.87. The van der Waals surface area contributed by atoms with Crippen molar-refractivity contribution in [1.29, 1.82) is 0 Å². The van der Waals surface area contributed by atoms with Crippen molar-refractivity contribution in [2.75, 3.05) is 5.73 Å². The van der Waals surface area contributed by atoms with Crippen LogP contribution in [0.3, 0.4) is 0 Å². The van der Waals surface area contributed by atoms with Crippen molar-refractivity contribution >= 4 is 17.0 Å². The molecular formula is C10H8N6S. The van der Waals surface area contributed by atoms with Crippen molar-refractivity contribution in [1.82, 2.24) is 25.0 Å². The van der Waals surface area contributed by atoms with Crippen LogP contribution >= 0.6 is 11.3 Å². The van der Waals surface area contributed by atoms with Crippen LogP contribution < -0.4 is 5.73 Å². The maximum Gasteiger partial charge on any atom is 0.234 e. The molecule has 0 saturated carbocycles. The SMILES string of the molecule is Nc1cccc(-c2ncn(-c3nncs3)n2)c1. The van der Waals surface area contributed by atoms with Crippen LogP contribution in [0.1, 0.15) is 0 Å². The average Bonchev–Trinajstić information content (AvgIpc) is 3.00. The maximum atomic E-state index is 5.71. The molecule has 0 saturated heterocycles. The third kappa shape index (κ3) is 1.87. The smallest absolute Gasteiger partial charge is 0.234 e. The molecule has 0 bridgehead atoms. The van der Waals surface area contributed by atoms with Gasteiger partial charge in [-0.15, -0.1) is 15.3 Å². The van der Waals surface area contributed by atoms with Gasteiger partial charge in [0.2, 0.25) is 5.13 Å². The summed E-state index contributed by atoms with van der Waals surface area (Å²) < 4.78 is 1.59. The van der Waals surface area contributed by atoms with E-state index in [2.05, 4.69) is 20.3 Å². The lowest BCUT2D eigenvalue weighted by molar-refractivity contribution is 0.847. The molecule has 0 amide bonds. The number of anilines is 1. The van der Waals surface area contributed by atoms with Gasteiger partial charge in [-0.3, -0.25) is 0 Å². The van der Waals surface area contributed by atoms with E-state index in [4.69, 9.17) is 5.73 Å². The molecule has 17 heavy (non-hydrogen) atoms. The minimum absolute atomic E-state index is 0.618. The Morgan fingerprint density at radius 2 is 2.24 bits per heavy atom. The summed E-state index contributed by atoms with van der Waals surface area (Å²) in [5, 5.41) is 12.7. The highest BCUT2D eigenvalue weighted by atomic mass is 32.1. The van der Waals surface area contributed by atoms with Gasteiger partial charge in [0.1, 0.15) is 11.8 Å². The standard InChI is InChI=1S/C10H8N6S/c11-8-3-1-2-7(4-8)9-12-5-16(15-9)10-14-13-6-17-10/h1-6H,11H2. The quantitative estimate of drug-likeness (QED) is 0.688. The third-order valence-electron chi connectivity index (χ3n) is 2.18. The van der Waals surface area contributed by atoms with E-state index < -0.39 is 0 Å². The second-order valence-electron chi connectivity index (χ2n) is 3.36. The minimum Gasteiger partial charge on any atom is -0.399 e. The van der Waals surface area contributed by atoms with Crippen LogP contribution in [0, 0.1) is 0 Å². The first-order valence-corrected chi connectivity index (χ1v) is 5.75. The first kappa shape index (κ1) is 9.91. The lowest BCUT2D eigenvalue weighted by Crippen LogP contribution is -1.94. The molecule has 3 rings (SSSR count). The number of hydrogen-bond acceptors (Lipinski definition) is 6. The molecule has 3 aromatic rings. The average molecular weight is 244 g/mol. The van der Waals surface area contributed by atoms with Crippen LogP contribution in [0.5, 0.6) is 0 Å². The summed E-state index contributed by atoms with van der Waals surface area (Å²) in [6.45, 7) is 0. The molecule has 0 radical (unpaired) electrons. The van der Waals surface area contributed by atoms with Crippen LogP contribution in [0.2, 0.25) is 0 Å². The molecule has 1 aromatic carbocycles. The Balaban J connectivity index is 2.01. The highest BCUT2D eigenvalue weighted by Crippen LogP contribution is 2.18. The summed E-state index contributed by atoms with van der Waals surface area (Å²) >= 11 is 1.40. The van der Waals surface area contributed by atoms with E-state index in [-0.39, 0.29) is 0 Å². The molecule has 2 heterocycles. The number of nitrogens with zero attached hydrogens (tertiary/aromatic N) is 5. The van der Waals surface area contributed by atoms with E-state index in [1.807, 2.05) is 24.3 Å². The number of nitrogens with two attached hydrogens (primary N) is 1. The Morgan fingerprint density at radius 1 is 1.29 bits per heavy atom. The third-order valence-corrected chi connectivity index (χ3v) is 2.86. The summed E-state index contributed by atoms with van der Waals surface area (Å²) in [4.78, 5) is 4.22. The zero-order chi connectivity index (χ0) is 11.7. The van der Waals surface area contributed by atoms with Gasteiger partial charge in [-0.05, 0) is 12.1 Å². The van der Waals surface area contributed by atoms with E-state index in [0.717, 1.165) is 5.56 Å². The van der Waals surface area contributed by atoms with Crippen LogP contribution in [0.15, 0.2) is 36.1 Å². The number of aromatic nitrogens is 5. The van der Waals surface area contributed by atoms with Crippen molar-refractivity contribution in [2.24, 2.45) is 0 Å². The molecule has 2 aromatic heterocycles. The molecule has 0 aliphatic heterocycles. The molecule has 0 unspecified atom stereocenters. The van der Waals surface area contributed by atoms with Gasteiger partial charge >= 0.3 is 0 Å². The highest BCUT2D eigenvalue weighted by Gasteiger charge is 2.07. The van der Waals surface area contributed by atoms with Gasteiger partial charge in [-0.25, -0.2) is 4.98 Å². The molecule has 2 N–H and O–H groups in total. The molecular weight excluding hydrogens is 236 g/mol. The van der Waals surface area contributed by atoms with Gasteiger partial charge in [0, 0.05) is 11.3 Å². The number of benzene rings is 1. The molecule has 6 nitrogen and oxygen atoms in total. The Bertz CT molecular complexity index is 630. The first-order chi connectivity index (χ1) is 8.33. The summed E-state index contributed by atoms with van der Waals surface area (Å²) in [5.41, 5.74) is 8.94. The molecule has 0 aliphatic carbocycles. The predicted octanol–water partition coefficient (Wildman–Crippen LogP) is 1.37. The van der Waals surface area contributed by atoms with E-state index in [1.165, 1.54) is 11.3 Å². The van der Waals surface area contributed by atoms with E-state index in [9.17, 15) is 0 Å². The second-order valence-corrected chi connectivity index (χ2v) is 4.17. The fourth-order valence-electron chi connectivity index (χ4n) is 1.43. The fourth-order valence-corrected chi connectivity index (χ4v) is 1.91. The summed E-state index contributed by atoms with van der Waals surface area (Å²) in [7, 11) is 0. The molecule has 84 valence electrons. The Morgan fingerprint density at radius 3 is 3.00 bits per heavy atom. The lowest BCUT2D eigenvalue weighted by atomic mass is 10.2. The number of rotatable bonds is 2. The molecule has 0 atom stereocenters. The Kier molecular flexibility index (Phi) is 2.30. The van der Waals surface area contributed by atoms with Gasteiger partial charge in [0.15, 0.2) is 5.82 Å². The highest BCUT2D eigenvalue weighted by molar-refractivity contribution is 7.11. The summed E-state index contributed by atoms with van der Waals surface area (Å²) in [6, 6.07) is 7.44. The largest absolute Gasteiger partial charge is 0.399 e. The van der Waals surface area contributed by atoms with Crippen molar-refractivity contribution in [2.45, 2.75) is 0 Å². The Hall–Kier alpha value is -2.28.